The Bertz CT molecular complexity index is 1910. The Kier molecular flexibility index (Phi) is 8.32. The highest BCUT2D eigenvalue weighted by Gasteiger charge is 2.30. The second-order valence-corrected chi connectivity index (χ2v) is 11.5. The standard InChI is InChI=1S/C35H38N6O4/c1-4-6-27-26(5-2)32(45-35(44)40-17-15-39(3)16-18-40)21-31-28(27)13-14-41(31)34(43)30-20-23-19-25(11-12-29(23)38-30)37-33(42)22-7-9-24(36)10-8-22/h5-12,19-21,38H,4,13-18,36H2,1-3H3,(H,37,42)/b26-5+,27-6+. The lowest BCUT2D eigenvalue weighted by atomic mass is 10.0. The van der Waals surface area contributed by atoms with Crippen LogP contribution >= 0.6 is 0 Å². The number of hydrogen-bond donors (Lipinski definition) is 3. The number of fused-ring (bicyclic) bond motifs is 2. The summed E-state index contributed by atoms with van der Waals surface area (Å²) < 4.78 is 6.02. The molecule has 3 aromatic carbocycles. The van der Waals surface area contributed by atoms with Crippen LogP contribution in [0.3, 0.4) is 0 Å². The topological polar surface area (TPSA) is 124 Å². The van der Waals surface area contributed by atoms with E-state index in [1.807, 2.05) is 38.2 Å². The number of benzene rings is 3. The number of piperazine rings is 1. The quantitative estimate of drug-likeness (QED) is 0.296. The van der Waals surface area contributed by atoms with Crippen LogP contribution in [-0.2, 0) is 6.42 Å². The number of nitrogens with zero attached hydrogens (tertiary/aromatic N) is 3. The fourth-order valence-electron chi connectivity index (χ4n) is 6.06. The molecule has 6 rings (SSSR count). The molecule has 2 aliphatic heterocycles. The second kappa shape index (κ2) is 12.5. The predicted molar refractivity (Wildman–Crippen MR) is 178 cm³/mol. The molecule has 2 aliphatic rings. The van der Waals surface area contributed by atoms with Gasteiger partial charge >= 0.3 is 6.09 Å². The van der Waals surface area contributed by atoms with Gasteiger partial charge in [-0.1, -0.05) is 19.1 Å². The first kappa shape index (κ1) is 30.0. The number of carbonyl (C=O) groups is 3. The summed E-state index contributed by atoms with van der Waals surface area (Å²) in [6.45, 7) is 7.33. The summed E-state index contributed by atoms with van der Waals surface area (Å²) in [6.07, 6.45) is 5.23. The summed E-state index contributed by atoms with van der Waals surface area (Å²) in [6, 6.07) is 15.8. The van der Waals surface area contributed by atoms with Gasteiger partial charge < -0.3 is 35.5 Å². The molecule has 0 radical (unpaired) electrons. The number of hydrogen-bond acceptors (Lipinski definition) is 6. The van der Waals surface area contributed by atoms with E-state index in [9.17, 15) is 14.4 Å². The minimum atomic E-state index is -0.376. The van der Waals surface area contributed by atoms with Gasteiger partial charge in [-0.05, 0) is 86.1 Å². The largest absolute Gasteiger partial charge is 0.415 e. The first-order valence-electron chi connectivity index (χ1n) is 15.3. The zero-order valence-corrected chi connectivity index (χ0v) is 25.9. The molecule has 45 heavy (non-hydrogen) atoms. The Labute approximate surface area is 261 Å². The predicted octanol–water partition coefficient (Wildman–Crippen LogP) is 3.94. The summed E-state index contributed by atoms with van der Waals surface area (Å²) >= 11 is 0. The normalized spacial score (nSPS) is 15.9. The maximum atomic E-state index is 14.0. The van der Waals surface area contributed by atoms with Crippen LogP contribution in [-0.4, -0.2) is 72.5 Å². The number of H-pyrrole nitrogens is 1. The Morgan fingerprint density at radius 1 is 0.978 bits per heavy atom. The van der Waals surface area contributed by atoms with Crippen LogP contribution in [0.5, 0.6) is 5.75 Å². The molecule has 0 atom stereocenters. The fourth-order valence-corrected chi connectivity index (χ4v) is 6.06. The molecular weight excluding hydrogens is 568 g/mol. The van der Waals surface area contributed by atoms with Crippen molar-refractivity contribution in [2.45, 2.75) is 26.7 Å². The van der Waals surface area contributed by atoms with E-state index >= 15 is 0 Å². The smallest absolute Gasteiger partial charge is 0.409 e. The maximum absolute atomic E-state index is 14.0. The van der Waals surface area contributed by atoms with Gasteiger partial charge in [0, 0.05) is 71.8 Å². The van der Waals surface area contributed by atoms with Crippen LogP contribution < -0.4 is 31.1 Å². The summed E-state index contributed by atoms with van der Waals surface area (Å²) in [7, 11) is 2.04. The monoisotopic (exact) mass is 606 g/mol. The van der Waals surface area contributed by atoms with Gasteiger partial charge in [-0.2, -0.15) is 0 Å². The highest BCUT2D eigenvalue weighted by atomic mass is 16.6. The average Bonchev–Trinajstić information content (AvgIpc) is 3.66. The summed E-state index contributed by atoms with van der Waals surface area (Å²) in [5.41, 5.74) is 10.5. The molecule has 10 nitrogen and oxygen atoms in total. The Hall–Kier alpha value is -5.09. The Morgan fingerprint density at radius 3 is 2.44 bits per heavy atom. The Morgan fingerprint density at radius 2 is 1.73 bits per heavy atom. The van der Waals surface area contributed by atoms with Gasteiger partial charge in [0.05, 0.1) is 5.69 Å². The number of nitrogens with one attached hydrogen (secondary N) is 2. The van der Waals surface area contributed by atoms with Gasteiger partial charge in [0.1, 0.15) is 11.4 Å². The number of amides is 3. The zero-order valence-electron chi connectivity index (χ0n) is 25.9. The van der Waals surface area contributed by atoms with Crippen molar-refractivity contribution in [3.05, 3.63) is 81.9 Å². The number of rotatable bonds is 5. The van der Waals surface area contributed by atoms with Crippen molar-refractivity contribution in [1.29, 1.82) is 0 Å². The van der Waals surface area contributed by atoms with E-state index in [2.05, 4.69) is 28.2 Å². The van der Waals surface area contributed by atoms with Crippen molar-refractivity contribution in [3.63, 3.8) is 0 Å². The first-order chi connectivity index (χ1) is 21.7. The van der Waals surface area contributed by atoms with Crippen LogP contribution in [0, 0.1) is 0 Å². The van der Waals surface area contributed by atoms with Gasteiger partial charge in [0.2, 0.25) is 0 Å². The lowest BCUT2D eigenvalue weighted by Crippen LogP contribution is -2.48. The molecule has 0 unspecified atom stereocenters. The van der Waals surface area contributed by atoms with Gasteiger partial charge in [-0.15, -0.1) is 0 Å². The molecule has 1 fully saturated rings. The summed E-state index contributed by atoms with van der Waals surface area (Å²) in [4.78, 5) is 48.8. The average molecular weight is 607 g/mol. The molecule has 0 bridgehead atoms. The minimum Gasteiger partial charge on any atom is -0.409 e. The molecule has 3 amide bonds. The number of nitrogens with two attached hydrogens (primary N) is 1. The third-order valence-corrected chi connectivity index (χ3v) is 8.52. The van der Waals surface area contributed by atoms with Crippen LogP contribution in [0.4, 0.5) is 21.9 Å². The van der Waals surface area contributed by atoms with Crippen molar-refractivity contribution in [2.24, 2.45) is 0 Å². The fraction of sp³-hybridized carbons (Fsp3) is 0.286. The summed E-state index contributed by atoms with van der Waals surface area (Å²) in [5, 5.41) is 5.58. The molecule has 1 saturated heterocycles. The first-order valence-corrected chi connectivity index (χ1v) is 15.3. The van der Waals surface area contributed by atoms with Crippen molar-refractivity contribution in [1.82, 2.24) is 14.8 Å². The molecule has 0 spiro atoms. The lowest BCUT2D eigenvalue weighted by molar-refractivity contribution is 0.0984. The van der Waals surface area contributed by atoms with E-state index in [1.165, 1.54) is 0 Å². The Balaban J connectivity index is 1.28. The lowest BCUT2D eigenvalue weighted by Gasteiger charge is -2.31. The number of anilines is 3. The highest BCUT2D eigenvalue weighted by Crippen LogP contribution is 2.30. The van der Waals surface area contributed by atoms with Crippen LogP contribution in [0.1, 0.15) is 46.7 Å². The SMILES string of the molecule is C/C=c1/c(OC(=O)N2CCN(C)CC2)cc2c(/c1=C/CC)CCN2C(=O)c1cc2cc(NC(=O)c3ccc(N)cc3)ccc2[nH]1. The maximum Gasteiger partial charge on any atom is 0.415 e. The third kappa shape index (κ3) is 6.01. The molecule has 1 aromatic heterocycles. The molecule has 4 N–H and O–H groups in total. The van der Waals surface area contributed by atoms with Crippen LogP contribution in [0.2, 0.25) is 0 Å². The number of nitrogen functional groups attached to an aromatic ring is 1. The van der Waals surface area contributed by atoms with Crippen molar-refractivity contribution < 1.29 is 19.1 Å². The number of ether oxygens (including phenoxy) is 1. The van der Waals surface area contributed by atoms with Crippen molar-refractivity contribution in [3.8, 4) is 5.75 Å². The van der Waals surface area contributed by atoms with Gasteiger partial charge in [0.15, 0.2) is 0 Å². The number of aromatic nitrogens is 1. The highest BCUT2D eigenvalue weighted by molar-refractivity contribution is 6.09. The third-order valence-electron chi connectivity index (χ3n) is 8.52. The van der Waals surface area contributed by atoms with Crippen LogP contribution in [0.25, 0.3) is 23.1 Å². The molecule has 232 valence electrons. The molecule has 0 aliphatic carbocycles. The van der Waals surface area contributed by atoms with Gasteiger partial charge in [-0.3, -0.25) is 9.59 Å². The van der Waals surface area contributed by atoms with E-state index in [1.54, 1.807) is 46.2 Å². The molecular formula is C35H38N6O4. The van der Waals surface area contributed by atoms with E-state index in [-0.39, 0.29) is 17.9 Å². The molecule has 10 heteroatoms. The number of likely N-dealkylation sites (N-methyl/N-ethyl adjacent to an activating group) is 1. The van der Waals surface area contributed by atoms with Crippen molar-refractivity contribution >= 4 is 58.0 Å². The number of carbonyl (C=O) groups excluding carboxylic acids is 3. The van der Waals surface area contributed by atoms with E-state index < -0.39 is 0 Å². The minimum absolute atomic E-state index is 0.176. The summed E-state index contributed by atoms with van der Waals surface area (Å²) in [5.74, 6) is 0.0320. The van der Waals surface area contributed by atoms with E-state index in [0.29, 0.717) is 54.4 Å². The van der Waals surface area contributed by atoms with Crippen LogP contribution in [0.15, 0.2) is 54.6 Å². The number of aromatic amines is 1. The zero-order chi connectivity index (χ0) is 31.7. The molecule has 0 saturated carbocycles. The van der Waals surface area contributed by atoms with Gasteiger partial charge in [0.25, 0.3) is 11.8 Å². The second-order valence-electron chi connectivity index (χ2n) is 11.5. The molecule has 3 heterocycles. The molecule has 4 aromatic rings. The van der Waals surface area contributed by atoms with E-state index in [0.717, 1.165) is 52.1 Å². The van der Waals surface area contributed by atoms with Gasteiger partial charge in [-0.25, -0.2) is 4.79 Å². The van der Waals surface area contributed by atoms with E-state index in [4.69, 9.17) is 10.5 Å². The van der Waals surface area contributed by atoms with Crippen molar-refractivity contribution in [2.75, 3.05) is 55.7 Å².